The minimum atomic E-state index is -0.707. The van der Waals surface area contributed by atoms with Crippen molar-refractivity contribution in [1.82, 2.24) is 0 Å². The number of esters is 2. The van der Waals surface area contributed by atoms with Crippen molar-refractivity contribution in [2.24, 2.45) is 0 Å². The third kappa shape index (κ3) is 6.04. The van der Waals surface area contributed by atoms with Crippen LogP contribution in [0.15, 0.2) is 98.0 Å². The smallest absolute Gasteiger partial charge is 0.338 e. The van der Waals surface area contributed by atoms with Crippen molar-refractivity contribution in [2.75, 3.05) is 0 Å². The van der Waals surface area contributed by atoms with E-state index in [9.17, 15) is 18.4 Å². The molecule has 7 heteroatoms. The Morgan fingerprint density at radius 2 is 1.53 bits per heavy atom. The Morgan fingerprint density at radius 1 is 0.853 bits per heavy atom. The average Bonchev–Trinajstić information content (AvgIpc) is 2.83. The molecule has 0 fully saturated rings. The lowest BCUT2D eigenvalue weighted by Gasteiger charge is -2.09. The fourth-order valence-corrected chi connectivity index (χ4v) is 2.84. The fourth-order valence-electron chi connectivity index (χ4n) is 2.84. The van der Waals surface area contributed by atoms with E-state index in [4.69, 9.17) is 9.47 Å². The van der Waals surface area contributed by atoms with Crippen LogP contribution in [0.25, 0.3) is 22.3 Å². The van der Waals surface area contributed by atoms with Crippen LogP contribution in [0.1, 0.15) is 6.92 Å². The van der Waals surface area contributed by atoms with Crippen LogP contribution in [0.4, 0.5) is 8.78 Å². The molecule has 0 unspecified atom stereocenters. The highest BCUT2D eigenvalue weighted by atomic mass is 19.1. The predicted molar refractivity (Wildman–Crippen MR) is 124 cm³/mol. The number of rotatable bonds is 8. The molecule has 0 atom stereocenters. The largest absolute Gasteiger partial charge is 0.462 e. The van der Waals surface area contributed by atoms with Crippen LogP contribution in [0, 0.1) is 11.6 Å². The van der Waals surface area contributed by atoms with Crippen LogP contribution in [0.5, 0.6) is 11.5 Å². The monoisotopic (exact) mass is 462 g/mol. The van der Waals surface area contributed by atoms with Gasteiger partial charge in [0.1, 0.15) is 24.1 Å². The number of halogens is 2. The van der Waals surface area contributed by atoms with E-state index in [-0.39, 0.29) is 17.1 Å². The van der Waals surface area contributed by atoms with Gasteiger partial charge in [0, 0.05) is 23.3 Å². The topological polar surface area (TPSA) is 61.8 Å². The molecule has 0 radical (unpaired) electrons. The lowest BCUT2D eigenvalue weighted by atomic mass is 10.00. The van der Waals surface area contributed by atoms with E-state index in [1.54, 1.807) is 42.5 Å². The molecular formula is C27H20F2O5. The zero-order valence-electron chi connectivity index (χ0n) is 18.2. The third-order valence-corrected chi connectivity index (χ3v) is 4.56. The summed E-state index contributed by atoms with van der Waals surface area (Å²) in [6.45, 7) is 8.19. The third-order valence-electron chi connectivity index (χ3n) is 4.56. The Labute approximate surface area is 195 Å². The highest BCUT2D eigenvalue weighted by Crippen LogP contribution is 2.30. The summed E-state index contributed by atoms with van der Waals surface area (Å²) in [7, 11) is 0. The molecule has 0 heterocycles. The SMILES string of the molecule is C=CC(=O)OC=COc1ccc(-c2ccc(-c3ccc(OC(=O)C(=C)C)c(F)c3)cc2)c(F)c1. The van der Waals surface area contributed by atoms with Gasteiger partial charge in [-0.2, -0.15) is 0 Å². The highest BCUT2D eigenvalue weighted by Gasteiger charge is 2.12. The summed E-state index contributed by atoms with van der Waals surface area (Å²) in [6, 6.07) is 15.4. The molecule has 34 heavy (non-hydrogen) atoms. The van der Waals surface area contributed by atoms with E-state index in [1.807, 2.05) is 0 Å². The Bertz CT molecular complexity index is 1280. The van der Waals surface area contributed by atoms with Gasteiger partial charge in [-0.15, -0.1) is 0 Å². The Hall–Kier alpha value is -4.52. The minimum absolute atomic E-state index is 0.163. The van der Waals surface area contributed by atoms with Crippen molar-refractivity contribution in [1.29, 1.82) is 0 Å². The molecule has 0 aliphatic carbocycles. The van der Waals surface area contributed by atoms with Crippen molar-refractivity contribution in [2.45, 2.75) is 6.92 Å². The first-order valence-corrected chi connectivity index (χ1v) is 10.0. The summed E-state index contributed by atoms with van der Waals surface area (Å²) in [5, 5.41) is 0. The lowest BCUT2D eigenvalue weighted by Crippen LogP contribution is -2.09. The standard InChI is InChI=1S/C27H20F2O5/c1-4-26(30)33-14-13-32-21-10-11-22(23(28)16-21)19-7-5-18(6-8-19)20-9-12-25(24(29)15-20)34-27(31)17(2)3/h4-16H,1-2H2,3H3. The van der Waals surface area contributed by atoms with Crippen molar-refractivity contribution >= 4 is 11.9 Å². The van der Waals surface area contributed by atoms with Gasteiger partial charge in [-0.1, -0.05) is 43.5 Å². The Morgan fingerprint density at radius 3 is 2.15 bits per heavy atom. The first-order valence-electron chi connectivity index (χ1n) is 10.0. The fraction of sp³-hybridized carbons (Fsp3) is 0.0370. The van der Waals surface area contributed by atoms with Crippen LogP contribution >= 0.6 is 0 Å². The summed E-state index contributed by atoms with van der Waals surface area (Å²) in [6.07, 6.45) is 3.13. The predicted octanol–water partition coefficient (Wildman–Crippen LogP) is 6.36. The molecule has 0 N–H and O–H groups in total. The summed E-state index contributed by atoms with van der Waals surface area (Å²) in [4.78, 5) is 22.5. The maximum absolute atomic E-state index is 14.6. The second-order valence-electron chi connectivity index (χ2n) is 7.07. The minimum Gasteiger partial charge on any atom is -0.462 e. The molecule has 5 nitrogen and oxygen atoms in total. The van der Waals surface area contributed by atoms with Gasteiger partial charge in [-0.05, 0) is 47.9 Å². The van der Waals surface area contributed by atoms with Crippen LogP contribution in [-0.2, 0) is 14.3 Å². The van der Waals surface area contributed by atoms with Crippen LogP contribution in [-0.4, -0.2) is 11.9 Å². The first kappa shape index (κ1) is 24.1. The molecular weight excluding hydrogens is 442 g/mol. The lowest BCUT2D eigenvalue weighted by molar-refractivity contribution is -0.132. The van der Waals surface area contributed by atoms with E-state index in [1.165, 1.54) is 25.1 Å². The molecule has 0 spiro atoms. The molecule has 0 saturated carbocycles. The van der Waals surface area contributed by atoms with E-state index in [0.717, 1.165) is 18.6 Å². The summed E-state index contributed by atoms with van der Waals surface area (Å²) < 4.78 is 43.7. The molecule has 0 saturated heterocycles. The molecule has 0 bridgehead atoms. The number of carbonyl (C=O) groups is 2. The molecule has 3 aromatic carbocycles. The van der Waals surface area contributed by atoms with Crippen molar-refractivity contribution in [3.63, 3.8) is 0 Å². The second-order valence-corrected chi connectivity index (χ2v) is 7.07. The quantitative estimate of drug-likeness (QED) is 0.169. The zero-order valence-corrected chi connectivity index (χ0v) is 18.2. The van der Waals surface area contributed by atoms with Gasteiger partial charge < -0.3 is 14.2 Å². The summed E-state index contributed by atoms with van der Waals surface area (Å²) >= 11 is 0. The van der Waals surface area contributed by atoms with Gasteiger partial charge in [-0.25, -0.2) is 18.4 Å². The summed E-state index contributed by atoms with van der Waals surface area (Å²) in [5.41, 5.74) is 2.37. The molecule has 3 rings (SSSR count). The number of hydrogen-bond acceptors (Lipinski definition) is 5. The van der Waals surface area contributed by atoms with Gasteiger partial charge in [0.2, 0.25) is 0 Å². The van der Waals surface area contributed by atoms with Gasteiger partial charge >= 0.3 is 11.9 Å². The normalized spacial score (nSPS) is 10.6. The number of hydrogen-bond donors (Lipinski definition) is 0. The van der Waals surface area contributed by atoms with Crippen LogP contribution in [0.3, 0.4) is 0 Å². The molecule has 0 amide bonds. The number of ether oxygens (including phenoxy) is 3. The molecule has 0 aliphatic rings. The Kier molecular flexibility index (Phi) is 7.71. The van der Waals surface area contributed by atoms with E-state index in [2.05, 4.69) is 17.9 Å². The van der Waals surface area contributed by atoms with Crippen LogP contribution in [0.2, 0.25) is 0 Å². The maximum atomic E-state index is 14.6. The highest BCUT2D eigenvalue weighted by molar-refractivity contribution is 5.89. The first-order chi connectivity index (χ1) is 16.3. The van der Waals surface area contributed by atoms with Crippen molar-refractivity contribution in [3.8, 4) is 33.8 Å². The van der Waals surface area contributed by atoms with Crippen molar-refractivity contribution in [3.05, 3.63) is 110 Å². The average molecular weight is 462 g/mol. The van der Waals surface area contributed by atoms with Gasteiger partial charge in [-0.3, -0.25) is 0 Å². The van der Waals surface area contributed by atoms with Crippen molar-refractivity contribution < 1.29 is 32.6 Å². The molecule has 3 aromatic rings. The second kappa shape index (κ2) is 10.9. The molecule has 0 aliphatic heterocycles. The van der Waals surface area contributed by atoms with Gasteiger partial charge in [0.15, 0.2) is 11.6 Å². The van der Waals surface area contributed by atoms with Crippen LogP contribution < -0.4 is 9.47 Å². The van der Waals surface area contributed by atoms with E-state index in [0.29, 0.717) is 22.3 Å². The maximum Gasteiger partial charge on any atom is 0.338 e. The molecule has 172 valence electrons. The Balaban J connectivity index is 1.72. The molecule has 0 aromatic heterocycles. The summed E-state index contributed by atoms with van der Waals surface area (Å²) in [5.74, 6) is -2.53. The zero-order chi connectivity index (χ0) is 24.7. The number of benzene rings is 3. The van der Waals surface area contributed by atoms with E-state index >= 15 is 0 Å². The van der Waals surface area contributed by atoms with Gasteiger partial charge in [0.25, 0.3) is 0 Å². The number of carbonyl (C=O) groups excluding carboxylic acids is 2. The van der Waals surface area contributed by atoms with E-state index < -0.39 is 23.6 Å². The van der Waals surface area contributed by atoms with Gasteiger partial charge in [0.05, 0.1) is 0 Å².